The number of fused-ring (bicyclic) bond motifs is 4. The normalized spacial score (nSPS) is 18.8. The highest BCUT2D eigenvalue weighted by atomic mass is 16.5. The number of hydrogen-bond acceptors (Lipinski definition) is 4. The lowest BCUT2D eigenvalue weighted by Gasteiger charge is -2.27. The molecule has 4 aromatic rings. The first-order valence-corrected chi connectivity index (χ1v) is 14.7. The van der Waals surface area contributed by atoms with Gasteiger partial charge in [0.2, 0.25) is 5.91 Å². The number of aromatic nitrogens is 1. The number of carbonyl (C=O) groups excluding carboxylic acids is 2. The van der Waals surface area contributed by atoms with Crippen molar-refractivity contribution in [1.82, 2.24) is 10.3 Å². The van der Waals surface area contributed by atoms with Gasteiger partial charge in [0.15, 0.2) is 0 Å². The van der Waals surface area contributed by atoms with E-state index in [1.807, 2.05) is 12.1 Å². The topological polar surface area (TPSA) is 100 Å². The molecule has 3 aliphatic rings. The number of nitrogens with one attached hydrogen (secondary N) is 2. The molecule has 210 valence electrons. The minimum absolute atomic E-state index is 0.0965. The molecule has 0 saturated carbocycles. The molecule has 1 saturated heterocycles. The van der Waals surface area contributed by atoms with E-state index in [0.29, 0.717) is 25.2 Å². The van der Waals surface area contributed by atoms with Crippen molar-refractivity contribution in [3.05, 3.63) is 88.1 Å². The maximum atomic E-state index is 13.2. The summed E-state index contributed by atoms with van der Waals surface area (Å²) in [6, 6.07) is 19.2. The number of carbonyl (C=O) groups is 2. The second-order valence-electron chi connectivity index (χ2n) is 11.8. The summed E-state index contributed by atoms with van der Waals surface area (Å²) < 4.78 is 5.45. The van der Waals surface area contributed by atoms with E-state index in [9.17, 15) is 9.59 Å². The maximum Gasteiger partial charge on any atom is 0.250 e. The summed E-state index contributed by atoms with van der Waals surface area (Å²) in [4.78, 5) is 31.7. The van der Waals surface area contributed by atoms with Crippen LogP contribution in [0.5, 0.6) is 0 Å². The number of amides is 2. The Hall–Kier alpha value is -4.10. The maximum absolute atomic E-state index is 13.2. The third-order valence-corrected chi connectivity index (χ3v) is 9.32. The minimum Gasteiger partial charge on any atom is -0.381 e. The SMILES string of the molecule is Cc1c(-c2ccc(C(N)=O)c3[nH]c4c(c23)CCC(C(=O)NC2CCOCC2)C4)cccc1N1Cc2ccccc2C1. The lowest BCUT2D eigenvalue weighted by Crippen LogP contribution is -2.43. The average Bonchev–Trinajstić information content (AvgIpc) is 3.59. The van der Waals surface area contributed by atoms with E-state index in [-0.39, 0.29) is 17.9 Å². The second kappa shape index (κ2) is 10.4. The van der Waals surface area contributed by atoms with Gasteiger partial charge in [0.1, 0.15) is 0 Å². The van der Waals surface area contributed by atoms with E-state index in [2.05, 4.69) is 64.6 Å². The number of ether oxygens (including phenoxy) is 1. The summed E-state index contributed by atoms with van der Waals surface area (Å²) in [7, 11) is 0. The van der Waals surface area contributed by atoms with Crippen molar-refractivity contribution >= 4 is 28.4 Å². The predicted molar refractivity (Wildman–Crippen MR) is 161 cm³/mol. The molecule has 1 fully saturated rings. The van der Waals surface area contributed by atoms with Crippen molar-refractivity contribution in [2.45, 2.75) is 58.2 Å². The van der Waals surface area contributed by atoms with Crippen LogP contribution in [0.3, 0.4) is 0 Å². The van der Waals surface area contributed by atoms with Crippen molar-refractivity contribution in [2.75, 3.05) is 18.1 Å². The smallest absolute Gasteiger partial charge is 0.250 e. The van der Waals surface area contributed by atoms with E-state index in [1.165, 1.54) is 27.9 Å². The number of benzene rings is 3. The number of hydrogen-bond donors (Lipinski definition) is 3. The predicted octanol–water partition coefficient (Wildman–Crippen LogP) is 5.16. The van der Waals surface area contributed by atoms with Crippen LogP contribution in [-0.2, 0) is 35.5 Å². The largest absolute Gasteiger partial charge is 0.381 e. The molecule has 41 heavy (non-hydrogen) atoms. The van der Waals surface area contributed by atoms with Gasteiger partial charge in [-0.05, 0) is 84.5 Å². The van der Waals surface area contributed by atoms with E-state index < -0.39 is 5.91 Å². The number of anilines is 1. The van der Waals surface area contributed by atoms with Crippen LogP contribution >= 0.6 is 0 Å². The Bertz CT molecular complexity index is 1640. The van der Waals surface area contributed by atoms with E-state index in [4.69, 9.17) is 10.5 Å². The first-order valence-electron chi connectivity index (χ1n) is 14.7. The molecule has 3 aromatic carbocycles. The fourth-order valence-corrected chi connectivity index (χ4v) is 7.12. The molecule has 1 atom stereocenters. The lowest BCUT2D eigenvalue weighted by atomic mass is 9.84. The number of nitrogens with zero attached hydrogens (tertiary/aromatic N) is 1. The molecule has 7 heteroatoms. The van der Waals surface area contributed by atoms with Gasteiger partial charge in [-0.15, -0.1) is 0 Å². The molecule has 0 bridgehead atoms. The van der Waals surface area contributed by atoms with Gasteiger partial charge in [-0.1, -0.05) is 42.5 Å². The van der Waals surface area contributed by atoms with Gasteiger partial charge < -0.3 is 25.7 Å². The number of aromatic amines is 1. The van der Waals surface area contributed by atoms with Crippen molar-refractivity contribution in [1.29, 1.82) is 0 Å². The first kappa shape index (κ1) is 25.8. The highest BCUT2D eigenvalue weighted by Crippen LogP contribution is 2.42. The Balaban J connectivity index is 1.25. The molecular weight excluding hydrogens is 512 g/mol. The summed E-state index contributed by atoms with van der Waals surface area (Å²) in [5, 5.41) is 4.32. The van der Waals surface area contributed by atoms with Gasteiger partial charge in [0.25, 0.3) is 5.91 Å². The zero-order valence-electron chi connectivity index (χ0n) is 23.5. The van der Waals surface area contributed by atoms with Crippen molar-refractivity contribution in [2.24, 2.45) is 11.7 Å². The lowest BCUT2D eigenvalue weighted by molar-refractivity contribution is -0.126. The van der Waals surface area contributed by atoms with E-state index in [1.54, 1.807) is 0 Å². The zero-order chi connectivity index (χ0) is 28.1. The quantitative estimate of drug-likeness (QED) is 0.321. The van der Waals surface area contributed by atoms with Crippen LogP contribution in [0.25, 0.3) is 22.0 Å². The van der Waals surface area contributed by atoms with Crippen molar-refractivity contribution < 1.29 is 14.3 Å². The molecule has 7 nitrogen and oxygen atoms in total. The molecule has 1 aliphatic carbocycles. The third-order valence-electron chi connectivity index (χ3n) is 9.32. The Kier molecular flexibility index (Phi) is 6.54. The zero-order valence-corrected chi connectivity index (χ0v) is 23.5. The summed E-state index contributed by atoms with van der Waals surface area (Å²) in [5.74, 6) is -0.429. The molecule has 1 unspecified atom stereocenters. The first-order chi connectivity index (χ1) is 20.0. The van der Waals surface area contributed by atoms with Crippen molar-refractivity contribution in [3.8, 4) is 11.1 Å². The number of nitrogens with two attached hydrogens (primary N) is 1. The van der Waals surface area contributed by atoms with Crippen LogP contribution in [-0.4, -0.2) is 36.1 Å². The summed E-state index contributed by atoms with van der Waals surface area (Å²) >= 11 is 0. The summed E-state index contributed by atoms with van der Waals surface area (Å²) in [6.45, 7) is 5.38. The van der Waals surface area contributed by atoms with E-state index in [0.717, 1.165) is 66.5 Å². The van der Waals surface area contributed by atoms with Gasteiger partial charge in [-0.25, -0.2) is 0 Å². The van der Waals surface area contributed by atoms with Crippen LogP contribution in [0.4, 0.5) is 5.69 Å². The Morgan fingerprint density at radius 2 is 1.71 bits per heavy atom. The van der Waals surface area contributed by atoms with Gasteiger partial charge in [0, 0.05) is 55.0 Å². The Morgan fingerprint density at radius 3 is 2.44 bits per heavy atom. The van der Waals surface area contributed by atoms with Crippen LogP contribution < -0.4 is 16.0 Å². The number of aryl methyl sites for hydroxylation is 1. The molecular formula is C34H36N4O3. The highest BCUT2D eigenvalue weighted by Gasteiger charge is 2.31. The van der Waals surface area contributed by atoms with Crippen LogP contribution in [0.2, 0.25) is 0 Å². The van der Waals surface area contributed by atoms with Crippen LogP contribution in [0.1, 0.15) is 57.6 Å². The number of H-pyrrole nitrogens is 1. The van der Waals surface area contributed by atoms with Gasteiger partial charge in [0.05, 0.1) is 11.1 Å². The highest BCUT2D eigenvalue weighted by molar-refractivity contribution is 6.11. The van der Waals surface area contributed by atoms with E-state index >= 15 is 0 Å². The summed E-state index contributed by atoms with van der Waals surface area (Å²) in [6.07, 6.45) is 3.91. The van der Waals surface area contributed by atoms with Crippen LogP contribution in [0.15, 0.2) is 54.6 Å². The Morgan fingerprint density at radius 1 is 0.951 bits per heavy atom. The number of rotatable bonds is 5. The standard InChI is InChI=1S/C34H36N4O3/c1-20-25(7-4-8-30(20)38-18-22-5-2-3-6-23(22)19-38)26-11-12-28(33(35)39)32-31(26)27-10-9-21(17-29(27)37-32)34(40)36-24-13-15-41-16-14-24/h2-8,11-12,21,24,37H,9-10,13-19H2,1H3,(H2,35,39)(H,36,40). The molecule has 2 amide bonds. The second-order valence-corrected chi connectivity index (χ2v) is 11.8. The third kappa shape index (κ3) is 4.58. The fraction of sp³-hybridized carbons (Fsp3) is 0.353. The molecule has 0 radical (unpaired) electrons. The monoisotopic (exact) mass is 548 g/mol. The number of primary amides is 1. The molecule has 4 N–H and O–H groups in total. The van der Waals surface area contributed by atoms with Gasteiger partial charge >= 0.3 is 0 Å². The molecule has 7 rings (SSSR count). The molecule has 1 aromatic heterocycles. The molecule has 0 spiro atoms. The average molecular weight is 549 g/mol. The summed E-state index contributed by atoms with van der Waals surface area (Å²) in [5.41, 5.74) is 16.8. The fourth-order valence-electron chi connectivity index (χ4n) is 7.12. The minimum atomic E-state index is -0.450. The molecule has 2 aliphatic heterocycles. The van der Waals surface area contributed by atoms with Gasteiger partial charge in [-0.2, -0.15) is 0 Å². The molecule has 3 heterocycles. The van der Waals surface area contributed by atoms with Crippen LogP contribution in [0, 0.1) is 12.8 Å². The van der Waals surface area contributed by atoms with Gasteiger partial charge in [-0.3, -0.25) is 9.59 Å². The van der Waals surface area contributed by atoms with Crippen molar-refractivity contribution in [3.63, 3.8) is 0 Å². The Labute approximate surface area is 240 Å².